The van der Waals surface area contributed by atoms with E-state index >= 15 is 0 Å². The van der Waals surface area contributed by atoms with Crippen LogP contribution in [0.4, 0.5) is 10.2 Å². The Morgan fingerprint density at radius 2 is 1.94 bits per heavy atom. The monoisotopic (exact) mass is 479 g/mol. The van der Waals surface area contributed by atoms with Gasteiger partial charge in [0.2, 0.25) is 0 Å². The molecular weight excluding hydrogens is 449 g/mol. The molecule has 3 aromatic rings. The zero-order valence-electron chi connectivity index (χ0n) is 19.9. The molecule has 0 aliphatic carbocycles. The number of nitrogens with zero attached hydrogens (tertiary/aromatic N) is 3. The minimum atomic E-state index is -0.365. The van der Waals surface area contributed by atoms with Crippen LogP contribution in [0.2, 0.25) is 0 Å². The zero-order valence-corrected chi connectivity index (χ0v) is 19.9. The predicted molar refractivity (Wildman–Crippen MR) is 131 cm³/mol. The molecule has 7 nitrogen and oxygen atoms in total. The van der Waals surface area contributed by atoms with Crippen LogP contribution in [0.15, 0.2) is 48.5 Å². The van der Waals surface area contributed by atoms with Crippen molar-refractivity contribution >= 4 is 22.6 Å². The Balaban J connectivity index is 1.52. The van der Waals surface area contributed by atoms with Crippen LogP contribution in [-0.4, -0.2) is 68.5 Å². The maximum absolute atomic E-state index is 13.6. The molecule has 2 fully saturated rings. The molecule has 2 aromatic carbocycles. The summed E-state index contributed by atoms with van der Waals surface area (Å²) in [7, 11) is 1.64. The summed E-state index contributed by atoms with van der Waals surface area (Å²) >= 11 is 0. The van der Waals surface area contributed by atoms with E-state index in [0.717, 1.165) is 54.0 Å². The zero-order chi connectivity index (χ0) is 24.2. The lowest BCUT2D eigenvalue weighted by molar-refractivity contribution is 0.0507. The summed E-state index contributed by atoms with van der Waals surface area (Å²) in [5.74, 6) is 1.08. The Morgan fingerprint density at radius 3 is 2.66 bits per heavy atom. The fraction of sp³-hybridized carbons (Fsp3) is 0.407. The third kappa shape index (κ3) is 5.39. The second-order valence-corrected chi connectivity index (χ2v) is 8.96. The van der Waals surface area contributed by atoms with E-state index in [4.69, 9.17) is 19.2 Å². The molecule has 184 valence electrons. The normalized spacial score (nSPS) is 18.1. The summed E-state index contributed by atoms with van der Waals surface area (Å²) in [6, 6.07) is 13.6. The summed E-state index contributed by atoms with van der Waals surface area (Å²) < 4.78 is 30.3. The van der Waals surface area contributed by atoms with Gasteiger partial charge in [0.1, 0.15) is 17.4 Å². The van der Waals surface area contributed by atoms with Crippen LogP contribution in [0.1, 0.15) is 28.8 Å². The number of ether oxygens (including phenoxy) is 3. The van der Waals surface area contributed by atoms with Gasteiger partial charge in [0, 0.05) is 55.4 Å². The molecule has 1 aromatic heterocycles. The molecule has 1 amide bonds. The number of amides is 1. The van der Waals surface area contributed by atoms with Gasteiger partial charge >= 0.3 is 0 Å². The Labute approximate surface area is 204 Å². The van der Waals surface area contributed by atoms with Gasteiger partial charge in [0.25, 0.3) is 5.91 Å². The maximum atomic E-state index is 13.6. The third-order valence-corrected chi connectivity index (χ3v) is 6.58. The largest absolute Gasteiger partial charge is 0.497 e. The van der Waals surface area contributed by atoms with Crippen molar-refractivity contribution in [3.8, 4) is 5.75 Å². The minimum absolute atomic E-state index is 0.0103. The number of carbonyl (C=O) groups is 1. The van der Waals surface area contributed by atoms with Crippen molar-refractivity contribution in [1.29, 1.82) is 0 Å². The number of carbonyl (C=O) groups excluding carboxylic acids is 1. The molecule has 0 radical (unpaired) electrons. The number of hydrogen-bond acceptors (Lipinski definition) is 6. The Bertz CT molecular complexity index is 1180. The first-order valence-electron chi connectivity index (χ1n) is 12.1. The summed E-state index contributed by atoms with van der Waals surface area (Å²) in [6.07, 6.45) is 1.89. The van der Waals surface area contributed by atoms with Gasteiger partial charge in [-0.15, -0.1) is 0 Å². The van der Waals surface area contributed by atoms with E-state index in [1.807, 2.05) is 18.2 Å². The molecule has 0 spiro atoms. The first kappa shape index (κ1) is 23.5. The number of benzene rings is 2. The highest BCUT2D eigenvalue weighted by molar-refractivity contribution is 5.94. The molecule has 0 saturated carbocycles. The lowest BCUT2D eigenvalue weighted by Gasteiger charge is -2.32. The predicted octanol–water partition coefficient (Wildman–Crippen LogP) is 4.04. The van der Waals surface area contributed by atoms with Gasteiger partial charge < -0.3 is 24.0 Å². The molecule has 0 N–H and O–H groups in total. The van der Waals surface area contributed by atoms with Gasteiger partial charge in [-0.2, -0.15) is 0 Å². The second kappa shape index (κ2) is 10.6. The van der Waals surface area contributed by atoms with Crippen molar-refractivity contribution < 1.29 is 23.4 Å². The maximum Gasteiger partial charge on any atom is 0.254 e. The van der Waals surface area contributed by atoms with Crippen LogP contribution in [0.5, 0.6) is 5.75 Å². The molecule has 35 heavy (non-hydrogen) atoms. The second-order valence-electron chi connectivity index (χ2n) is 8.96. The molecule has 8 heteroatoms. The van der Waals surface area contributed by atoms with Crippen LogP contribution in [-0.2, 0) is 16.0 Å². The molecule has 0 unspecified atom stereocenters. The summed E-state index contributed by atoms with van der Waals surface area (Å²) in [4.78, 5) is 22.6. The van der Waals surface area contributed by atoms with E-state index in [1.165, 1.54) is 24.3 Å². The fourth-order valence-electron chi connectivity index (χ4n) is 4.71. The van der Waals surface area contributed by atoms with Crippen molar-refractivity contribution in [1.82, 2.24) is 9.88 Å². The van der Waals surface area contributed by atoms with Gasteiger partial charge in [-0.1, -0.05) is 0 Å². The number of rotatable bonds is 7. The SMILES string of the molecule is COc1ccc2cc(CN(C[C@H]3CCCO3)C(=O)c3ccc(F)cc3)c(N3CCOCC3)nc2c1. The third-order valence-electron chi connectivity index (χ3n) is 6.58. The van der Waals surface area contributed by atoms with Gasteiger partial charge in [-0.3, -0.25) is 4.79 Å². The van der Waals surface area contributed by atoms with Crippen molar-refractivity contribution in [2.45, 2.75) is 25.5 Å². The van der Waals surface area contributed by atoms with Crippen LogP contribution >= 0.6 is 0 Å². The molecule has 3 heterocycles. The number of morpholine rings is 1. The van der Waals surface area contributed by atoms with Crippen LogP contribution in [0.25, 0.3) is 10.9 Å². The molecule has 5 rings (SSSR count). The number of hydrogen-bond donors (Lipinski definition) is 0. The van der Waals surface area contributed by atoms with E-state index in [9.17, 15) is 9.18 Å². The van der Waals surface area contributed by atoms with Crippen molar-refractivity contribution in [3.05, 3.63) is 65.5 Å². The minimum Gasteiger partial charge on any atom is -0.497 e. The van der Waals surface area contributed by atoms with E-state index < -0.39 is 0 Å². The summed E-state index contributed by atoms with van der Waals surface area (Å²) in [5, 5.41) is 0.976. The van der Waals surface area contributed by atoms with Crippen LogP contribution in [0.3, 0.4) is 0 Å². The summed E-state index contributed by atoms with van der Waals surface area (Å²) in [5.41, 5.74) is 2.25. The molecule has 1 atom stereocenters. The molecule has 2 saturated heterocycles. The van der Waals surface area contributed by atoms with E-state index in [-0.39, 0.29) is 17.8 Å². The number of anilines is 1. The highest BCUT2D eigenvalue weighted by atomic mass is 19.1. The van der Waals surface area contributed by atoms with Crippen LogP contribution < -0.4 is 9.64 Å². The fourth-order valence-corrected chi connectivity index (χ4v) is 4.71. The van der Waals surface area contributed by atoms with Crippen molar-refractivity contribution in [2.24, 2.45) is 0 Å². The average molecular weight is 480 g/mol. The Hall–Kier alpha value is -3.23. The summed E-state index contributed by atoms with van der Waals surface area (Å²) in [6.45, 7) is 4.27. The molecule has 0 bridgehead atoms. The van der Waals surface area contributed by atoms with Crippen molar-refractivity contribution in [2.75, 3.05) is 51.5 Å². The topological polar surface area (TPSA) is 64.1 Å². The highest BCUT2D eigenvalue weighted by Crippen LogP contribution is 2.29. The number of halogens is 1. The Kier molecular flexibility index (Phi) is 7.11. The standard InChI is InChI=1S/C27H30FN3O4/c1-33-23-9-6-20-15-21(26(29-25(20)16-23)30-10-13-34-14-11-30)17-31(18-24-3-2-12-35-24)27(32)19-4-7-22(28)8-5-19/h4-9,15-16,24H,2-3,10-14,17-18H2,1H3/t24-/m1/s1. The lowest BCUT2D eigenvalue weighted by atomic mass is 10.1. The van der Waals surface area contributed by atoms with Crippen molar-refractivity contribution in [3.63, 3.8) is 0 Å². The number of methoxy groups -OCH3 is 1. The van der Waals surface area contributed by atoms with E-state index in [1.54, 1.807) is 12.0 Å². The first-order chi connectivity index (χ1) is 17.1. The highest BCUT2D eigenvalue weighted by Gasteiger charge is 2.26. The van der Waals surface area contributed by atoms with Crippen LogP contribution in [0, 0.1) is 5.82 Å². The first-order valence-corrected chi connectivity index (χ1v) is 12.1. The van der Waals surface area contributed by atoms with Gasteiger partial charge in [-0.25, -0.2) is 9.37 Å². The quantitative estimate of drug-likeness (QED) is 0.510. The number of pyridine rings is 1. The smallest absolute Gasteiger partial charge is 0.254 e. The molecule has 2 aliphatic heterocycles. The van der Waals surface area contributed by atoms with E-state index in [0.29, 0.717) is 38.5 Å². The van der Waals surface area contributed by atoms with Gasteiger partial charge in [-0.05, 0) is 55.3 Å². The van der Waals surface area contributed by atoms with Gasteiger partial charge in [0.05, 0.1) is 31.9 Å². The molecule has 2 aliphatic rings. The lowest BCUT2D eigenvalue weighted by Crippen LogP contribution is -2.40. The van der Waals surface area contributed by atoms with E-state index in [2.05, 4.69) is 11.0 Å². The Morgan fingerprint density at radius 1 is 1.14 bits per heavy atom. The van der Waals surface area contributed by atoms with Gasteiger partial charge in [0.15, 0.2) is 0 Å². The number of fused-ring (bicyclic) bond motifs is 1. The number of aromatic nitrogens is 1. The average Bonchev–Trinajstić information content (AvgIpc) is 3.41. The molecular formula is C27H30FN3O4.